The molecule has 0 saturated heterocycles. The van der Waals surface area contributed by atoms with Crippen LogP contribution in [0.25, 0.3) is 0 Å². The minimum Gasteiger partial charge on any atom is -0.494 e. The van der Waals surface area contributed by atoms with Gasteiger partial charge in [-0.1, -0.05) is 41.9 Å². The molecule has 30 heavy (non-hydrogen) atoms. The summed E-state index contributed by atoms with van der Waals surface area (Å²) in [5.74, 6) is 0.525. The number of ether oxygens (including phenoxy) is 2. The predicted molar refractivity (Wildman–Crippen MR) is 120 cm³/mol. The third-order valence-corrected chi connectivity index (χ3v) is 6.61. The summed E-state index contributed by atoms with van der Waals surface area (Å²) in [6, 6.07) is 16.7. The summed E-state index contributed by atoms with van der Waals surface area (Å²) in [5.41, 5.74) is 2.99. The Morgan fingerprint density at radius 1 is 1.17 bits per heavy atom. The van der Waals surface area contributed by atoms with Crippen molar-refractivity contribution in [2.24, 2.45) is 0 Å². The number of fused-ring (bicyclic) bond motifs is 1. The molecule has 0 N–H and O–H groups in total. The lowest BCUT2D eigenvalue weighted by Crippen LogP contribution is -2.38. The van der Waals surface area contributed by atoms with E-state index in [0.29, 0.717) is 18.2 Å². The molecule has 1 aliphatic heterocycles. The molecule has 1 aromatic heterocycles. The highest BCUT2D eigenvalue weighted by Crippen LogP contribution is 2.34. The number of esters is 1. The van der Waals surface area contributed by atoms with Crippen LogP contribution in [0.15, 0.2) is 60.0 Å². The molecule has 0 bridgehead atoms. The molecule has 3 aromatic rings. The molecular formula is C24H24ClNO3S. The van der Waals surface area contributed by atoms with Crippen LogP contribution in [-0.2, 0) is 29.1 Å². The van der Waals surface area contributed by atoms with E-state index in [9.17, 15) is 4.79 Å². The lowest BCUT2D eigenvalue weighted by molar-refractivity contribution is -0.152. The smallest absolute Gasteiger partial charge is 0.328 e. The predicted octanol–water partition coefficient (Wildman–Crippen LogP) is 5.64. The van der Waals surface area contributed by atoms with E-state index < -0.39 is 6.04 Å². The molecular weight excluding hydrogens is 418 g/mol. The number of hydrogen-bond acceptors (Lipinski definition) is 5. The molecule has 1 aliphatic rings. The molecule has 2 heterocycles. The minimum atomic E-state index is -0.533. The molecule has 0 spiro atoms. The highest BCUT2D eigenvalue weighted by molar-refractivity contribution is 7.10. The molecule has 156 valence electrons. The van der Waals surface area contributed by atoms with Crippen molar-refractivity contribution in [1.29, 1.82) is 0 Å². The number of thiophene rings is 1. The fourth-order valence-corrected chi connectivity index (χ4v) is 4.87. The van der Waals surface area contributed by atoms with E-state index in [4.69, 9.17) is 21.1 Å². The number of hydrogen-bond donors (Lipinski definition) is 0. The van der Waals surface area contributed by atoms with Crippen LogP contribution < -0.4 is 4.74 Å². The summed E-state index contributed by atoms with van der Waals surface area (Å²) in [6.07, 6.45) is 0.931. The van der Waals surface area contributed by atoms with Crippen LogP contribution in [0.2, 0.25) is 5.02 Å². The molecule has 0 amide bonds. The Morgan fingerprint density at radius 3 is 2.73 bits per heavy atom. The van der Waals surface area contributed by atoms with Gasteiger partial charge in [-0.2, -0.15) is 0 Å². The van der Waals surface area contributed by atoms with Crippen LogP contribution in [0.3, 0.4) is 0 Å². The second-order valence-corrected chi connectivity index (χ2v) is 8.61. The zero-order chi connectivity index (χ0) is 20.9. The van der Waals surface area contributed by atoms with Gasteiger partial charge in [-0.25, -0.2) is 4.79 Å². The Balaban J connectivity index is 1.52. The van der Waals surface area contributed by atoms with Crippen molar-refractivity contribution in [2.75, 3.05) is 13.2 Å². The van der Waals surface area contributed by atoms with Gasteiger partial charge in [0, 0.05) is 23.0 Å². The first-order chi connectivity index (χ1) is 14.7. The van der Waals surface area contributed by atoms with Crippen molar-refractivity contribution in [3.05, 3.63) is 86.6 Å². The van der Waals surface area contributed by atoms with Crippen LogP contribution in [-0.4, -0.2) is 24.0 Å². The van der Waals surface area contributed by atoms with Crippen LogP contribution in [0, 0.1) is 0 Å². The van der Waals surface area contributed by atoms with Gasteiger partial charge < -0.3 is 9.47 Å². The molecule has 4 nitrogen and oxygen atoms in total. The summed E-state index contributed by atoms with van der Waals surface area (Å²) < 4.78 is 11.2. The van der Waals surface area contributed by atoms with Crippen molar-refractivity contribution >= 4 is 28.9 Å². The maximum atomic E-state index is 13.2. The van der Waals surface area contributed by atoms with E-state index in [1.165, 1.54) is 10.4 Å². The van der Waals surface area contributed by atoms with Gasteiger partial charge in [0.2, 0.25) is 0 Å². The zero-order valence-electron chi connectivity index (χ0n) is 16.8. The molecule has 0 aliphatic carbocycles. The Morgan fingerprint density at radius 2 is 1.97 bits per heavy atom. The van der Waals surface area contributed by atoms with Crippen LogP contribution in [0.5, 0.6) is 5.75 Å². The SMILES string of the molecule is CCOc1ccc(COC(=O)[C@H](c2ccccc2Cl)N2CCc3sccc3C2)cc1. The van der Waals surface area contributed by atoms with E-state index in [-0.39, 0.29) is 12.6 Å². The average molecular weight is 442 g/mol. The lowest BCUT2D eigenvalue weighted by atomic mass is 10.0. The fraction of sp³-hybridized carbons (Fsp3) is 0.292. The maximum Gasteiger partial charge on any atom is 0.328 e. The monoisotopic (exact) mass is 441 g/mol. The van der Waals surface area contributed by atoms with E-state index in [1.54, 1.807) is 11.3 Å². The Labute approximate surface area is 186 Å². The van der Waals surface area contributed by atoms with Gasteiger partial charge in [0.05, 0.1) is 6.61 Å². The topological polar surface area (TPSA) is 38.8 Å². The molecule has 0 radical (unpaired) electrons. The minimum absolute atomic E-state index is 0.212. The largest absolute Gasteiger partial charge is 0.494 e. The number of nitrogens with zero attached hydrogens (tertiary/aromatic N) is 1. The van der Waals surface area contributed by atoms with E-state index in [0.717, 1.165) is 29.8 Å². The van der Waals surface area contributed by atoms with Gasteiger partial charge in [-0.3, -0.25) is 4.90 Å². The standard InChI is InChI=1S/C24H24ClNO3S/c1-2-28-19-9-7-17(8-10-19)16-29-24(27)23(20-5-3-4-6-21(20)25)26-13-11-22-18(15-26)12-14-30-22/h3-10,12,14,23H,2,11,13,15-16H2,1H3/t23-/m0/s1. The highest BCUT2D eigenvalue weighted by atomic mass is 35.5. The fourth-order valence-electron chi connectivity index (χ4n) is 3.74. The Bertz CT molecular complexity index is 1000. The van der Waals surface area contributed by atoms with Crippen molar-refractivity contribution in [2.45, 2.75) is 32.5 Å². The molecule has 0 saturated carbocycles. The summed E-state index contributed by atoms with van der Waals surface area (Å²) in [5, 5.41) is 2.69. The first-order valence-corrected chi connectivity index (χ1v) is 11.3. The zero-order valence-corrected chi connectivity index (χ0v) is 18.4. The molecule has 0 unspecified atom stereocenters. The molecule has 4 rings (SSSR count). The van der Waals surface area contributed by atoms with Crippen molar-refractivity contribution < 1.29 is 14.3 Å². The quantitative estimate of drug-likeness (QED) is 0.444. The van der Waals surface area contributed by atoms with E-state index in [1.807, 2.05) is 55.5 Å². The molecule has 6 heteroatoms. The van der Waals surface area contributed by atoms with Crippen molar-refractivity contribution in [1.82, 2.24) is 4.90 Å². The van der Waals surface area contributed by atoms with Gasteiger partial charge in [0.25, 0.3) is 0 Å². The van der Waals surface area contributed by atoms with E-state index >= 15 is 0 Å². The normalized spacial score (nSPS) is 14.7. The van der Waals surface area contributed by atoms with Crippen LogP contribution >= 0.6 is 22.9 Å². The number of benzene rings is 2. The summed E-state index contributed by atoms with van der Waals surface area (Å²) >= 11 is 8.26. The molecule has 1 atom stereocenters. The Hall–Kier alpha value is -2.34. The van der Waals surface area contributed by atoms with Gasteiger partial charge in [0.15, 0.2) is 0 Å². The summed E-state index contributed by atoms with van der Waals surface area (Å²) in [6.45, 7) is 4.29. The number of halogens is 1. The number of carbonyl (C=O) groups excluding carboxylic acids is 1. The number of rotatable bonds is 7. The van der Waals surface area contributed by atoms with Crippen LogP contribution in [0.1, 0.15) is 34.5 Å². The second kappa shape index (κ2) is 9.65. The van der Waals surface area contributed by atoms with Gasteiger partial charge in [0.1, 0.15) is 18.4 Å². The first kappa shape index (κ1) is 20.9. The third-order valence-electron chi connectivity index (χ3n) is 5.24. The lowest BCUT2D eigenvalue weighted by Gasteiger charge is -2.33. The number of carbonyl (C=O) groups is 1. The highest BCUT2D eigenvalue weighted by Gasteiger charge is 2.33. The summed E-state index contributed by atoms with van der Waals surface area (Å²) in [7, 11) is 0. The van der Waals surface area contributed by atoms with Gasteiger partial charge in [-0.15, -0.1) is 11.3 Å². The second-order valence-electron chi connectivity index (χ2n) is 7.20. The van der Waals surface area contributed by atoms with Crippen molar-refractivity contribution in [3.63, 3.8) is 0 Å². The van der Waals surface area contributed by atoms with Gasteiger partial charge in [-0.05, 0) is 59.7 Å². The van der Waals surface area contributed by atoms with E-state index in [2.05, 4.69) is 16.3 Å². The Kier molecular flexibility index (Phi) is 6.72. The summed E-state index contributed by atoms with van der Waals surface area (Å²) in [4.78, 5) is 16.8. The first-order valence-electron chi connectivity index (χ1n) is 10.1. The average Bonchev–Trinajstić information content (AvgIpc) is 3.23. The van der Waals surface area contributed by atoms with Gasteiger partial charge >= 0.3 is 5.97 Å². The maximum absolute atomic E-state index is 13.2. The molecule has 2 aromatic carbocycles. The van der Waals surface area contributed by atoms with Crippen molar-refractivity contribution in [3.8, 4) is 5.75 Å². The third kappa shape index (κ3) is 4.69. The molecule has 0 fully saturated rings. The van der Waals surface area contributed by atoms with Crippen LogP contribution in [0.4, 0.5) is 0 Å².